The molecule has 3 heterocycles. The molecule has 5 amide bonds. The third-order valence-electron chi connectivity index (χ3n) is 7.86. The zero-order chi connectivity index (χ0) is 28.6. The highest BCUT2D eigenvalue weighted by Crippen LogP contribution is 2.45. The number of amides is 5. The third kappa shape index (κ3) is 8.04. The zero-order valence-electron chi connectivity index (χ0n) is 23.1. The maximum atomic E-state index is 12.2. The molecule has 0 radical (unpaired) electrons. The van der Waals surface area contributed by atoms with E-state index in [9.17, 15) is 19.2 Å². The van der Waals surface area contributed by atoms with Crippen LogP contribution in [-0.4, -0.2) is 86.5 Å². The third-order valence-corrected chi connectivity index (χ3v) is 9.37. The number of hydrogen-bond acceptors (Lipinski definition) is 8. The SMILES string of the molecule is O=C(CCCCC1SCC2NC(=O)NC21)NCCOCCOCCNC(=O)Nc1ccc2c(c1)C1OC(=O)CC1C2. The van der Waals surface area contributed by atoms with Crippen LogP contribution in [0, 0.1) is 5.92 Å². The molecule has 3 aliphatic heterocycles. The number of esters is 1. The first kappa shape index (κ1) is 29.5. The topological polar surface area (TPSA) is 156 Å². The van der Waals surface area contributed by atoms with Crippen molar-refractivity contribution >= 4 is 41.4 Å². The molecule has 3 fully saturated rings. The Hall–Kier alpha value is -3.03. The molecule has 1 aromatic rings. The van der Waals surface area contributed by atoms with Crippen molar-refractivity contribution in [3.05, 3.63) is 29.3 Å². The first-order valence-electron chi connectivity index (χ1n) is 14.4. The van der Waals surface area contributed by atoms with E-state index in [0.29, 0.717) is 63.3 Å². The van der Waals surface area contributed by atoms with Crippen LogP contribution in [0.25, 0.3) is 0 Å². The lowest BCUT2D eigenvalue weighted by Crippen LogP contribution is -2.36. The largest absolute Gasteiger partial charge is 0.457 e. The molecule has 5 rings (SSSR count). The molecule has 0 spiro atoms. The number of hydrogen-bond donors (Lipinski definition) is 5. The van der Waals surface area contributed by atoms with E-state index >= 15 is 0 Å². The van der Waals surface area contributed by atoms with Crippen molar-refractivity contribution in [3.63, 3.8) is 0 Å². The maximum Gasteiger partial charge on any atom is 0.319 e. The summed E-state index contributed by atoms with van der Waals surface area (Å²) in [6, 6.07) is 5.78. The minimum absolute atomic E-state index is 0.0213. The Bertz CT molecular complexity index is 1120. The summed E-state index contributed by atoms with van der Waals surface area (Å²) in [5, 5.41) is 14.8. The summed E-state index contributed by atoms with van der Waals surface area (Å²) < 4.78 is 16.4. The van der Waals surface area contributed by atoms with Gasteiger partial charge < -0.3 is 40.8 Å². The fraction of sp³-hybridized carbons (Fsp3) is 0.643. The molecular formula is C28H39N5O7S. The molecule has 13 heteroatoms. The van der Waals surface area contributed by atoms with Crippen molar-refractivity contribution in [2.45, 2.75) is 62.0 Å². The van der Waals surface area contributed by atoms with Crippen LogP contribution in [0.2, 0.25) is 0 Å². The van der Waals surface area contributed by atoms with E-state index in [1.54, 1.807) is 0 Å². The van der Waals surface area contributed by atoms with Gasteiger partial charge in [-0.15, -0.1) is 0 Å². The van der Waals surface area contributed by atoms with Gasteiger partial charge in [0.1, 0.15) is 6.10 Å². The number of benzene rings is 1. The number of carbonyl (C=O) groups excluding carboxylic acids is 4. The van der Waals surface area contributed by atoms with E-state index in [1.165, 1.54) is 5.56 Å². The van der Waals surface area contributed by atoms with Gasteiger partial charge in [-0.05, 0) is 42.5 Å². The fourth-order valence-electron chi connectivity index (χ4n) is 5.87. The summed E-state index contributed by atoms with van der Waals surface area (Å²) in [6.45, 7) is 2.35. The van der Waals surface area contributed by atoms with Crippen LogP contribution in [0.15, 0.2) is 18.2 Å². The van der Waals surface area contributed by atoms with Crippen molar-refractivity contribution in [1.82, 2.24) is 21.3 Å². The van der Waals surface area contributed by atoms with Gasteiger partial charge in [0.15, 0.2) is 0 Å². The number of anilines is 1. The van der Waals surface area contributed by atoms with Crippen molar-refractivity contribution < 1.29 is 33.4 Å². The second-order valence-corrected chi connectivity index (χ2v) is 12.1. The summed E-state index contributed by atoms with van der Waals surface area (Å²) in [6.07, 6.45) is 4.36. The fourth-order valence-corrected chi connectivity index (χ4v) is 7.41. The van der Waals surface area contributed by atoms with Crippen LogP contribution in [0.5, 0.6) is 0 Å². The molecular weight excluding hydrogens is 550 g/mol. The monoisotopic (exact) mass is 589 g/mol. The van der Waals surface area contributed by atoms with E-state index in [0.717, 1.165) is 37.0 Å². The molecule has 41 heavy (non-hydrogen) atoms. The number of thioether (sulfide) groups is 1. The first-order valence-corrected chi connectivity index (χ1v) is 15.5. The number of nitrogens with one attached hydrogen (secondary N) is 5. The second-order valence-electron chi connectivity index (χ2n) is 10.8. The van der Waals surface area contributed by atoms with Crippen LogP contribution < -0.4 is 26.6 Å². The molecule has 12 nitrogen and oxygen atoms in total. The van der Waals surface area contributed by atoms with Crippen LogP contribution in [0.1, 0.15) is 49.3 Å². The summed E-state index contributed by atoms with van der Waals surface area (Å²) >= 11 is 1.89. The molecule has 1 aliphatic carbocycles. The van der Waals surface area contributed by atoms with E-state index < -0.39 is 0 Å². The van der Waals surface area contributed by atoms with E-state index in [1.807, 2.05) is 30.0 Å². The van der Waals surface area contributed by atoms with Gasteiger partial charge in [-0.25, -0.2) is 9.59 Å². The number of rotatable bonds is 15. The van der Waals surface area contributed by atoms with E-state index in [2.05, 4.69) is 26.6 Å². The van der Waals surface area contributed by atoms with Gasteiger partial charge in [0, 0.05) is 42.1 Å². The highest BCUT2D eigenvalue weighted by Gasteiger charge is 2.43. The van der Waals surface area contributed by atoms with Crippen LogP contribution >= 0.6 is 11.8 Å². The predicted molar refractivity (Wildman–Crippen MR) is 153 cm³/mol. The molecule has 5 atom stereocenters. The zero-order valence-corrected chi connectivity index (χ0v) is 23.9. The van der Waals surface area contributed by atoms with Crippen molar-refractivity contribution in [2.24, 2.45) is 5.92 Å². The Morgan fingerprint density at radius 2 is 1.80 bits per heavy atom. The molecule has 5 unspecified atom stereocenters. The molecule has 5 N–H and O–H groups in total. The quantitative estimate of drug-likeness (QED) is 0.118. The van der Waals surface area contributed by atoms with Gasteiger partial charge in [0.25, 0.3) is 0 Å². The summed E-state index contributed by atoms with van der Waals surface area (Å²) in [5.74, 6) is 1.02. The average molecular weight is 590 g/mol. The summed E-state index contributed by atoms with van der Waals surface area (Å²) in [7, 11) is 0. The van der Waals surface area contributed by atoms with Crippen molar-refractivity contribution in [1.29, 1.82) is 0 Å². The van der Waals surface area contributed by atoms with Crippen molar-refractivity contribution in [2.75, 3.05) is 50.6 Å². The Balaban J connectivity index is 0.821. The number of unbranched alkanes of at least 4 members (excludes halogenated alkanes) is 1. The molecule has 0 saturated carbocycles. The minimum Gasteiger partial charge on any atom is -0.457 e. The van der Waals surface area contributed by atoms with Gasteiger partial charge in [0.05, 0.1) is 44.9 Å². The highest BCUT2D eigenvalue weighted by molar-refractivity contribution is 8.00. The predicted octanol–water partition coefficient (Wildman–Crippen LogP) is 1.84. The molecule has 1 aromatic carbocycles. The van der Waals surface area contributed by atoms with Gasteiger partial charge in [-0.3, -0.25) is 9.59 Å². The van der Waals surface area contributed by atoms with Crippen LogP contribution in [0.3, 0.4) is 0 Å². The van der Waals surface area contributed by atoms with Crippen LogP contribution in [-0.2, 0) is 30.2 Å². The van der Waals surface area contributed by atoms with Gasteiger partial charge >= 0.3 is 18.0 Å². The number of fused-ring (bicyclic) bond motifs is 4. The highest BCUT2D eigenvalue weighted by atomic mass is 32.2. The lowest BCUT2D eigenvalue weighted by Gasteiger charge is -2.16. The van der Waals surface area contributed by atoms with Gasteiger partial charge in [0.2, 0.25) is 5.91 Å². The van der Waals surface area contributed by atoms with E-state index in [4.69, 9.17) is 14.2 Å². The molecule has 4 aliphatic rings. The van der Waals surface area contributed by atoms with Crippen LogP contribution in [0.4, 0.5) is 15.3 Å². The second kappa shape index (κ2) is 14.2. The normalized spacial score (nSPS) is 25.5. The van der Waals surface area contributed by atoms with Gasteiger partial charge in [-0.1, -0.05) is 12.5 Å². The summed E-state index contributed by atoms with van der Waals surface area (Å²) in [4.78, 5) is 47.2. The Labute approximate surface area is 243 Å². The van der Waals surface area contributed by atoms with Crippen molar-refractivity contribution in [3.8, 4) is 0 Å². The minimum atomic E-state index is -0.329. The standard InChI is InChI=1S/C28H39N5O7S/c34-23(4-2-1-3-22-25-21(16-41-22)32-28(37)33-25)29-7-9-38-11-12-39-10-8-30-27(36)31-19-6-5-17-13-18-14-24(35)40-26(18)20(17)15-19/h5-6,15,18,21-22,25-26H,1-4,7-14,16H2,(H,29,34)(H2,30,31,36)(H2,32,33,37). The Morgan fingerprint density at radius 3 is 2.63 bits per heavy atom. The molecule has 224 valence electrons. The maximum absolute atomic E-state index is 12.2. The summed E-state index contributed by atoms with van der Waals surface area (Å²) in [5.41, 5.74) is 2.80. The number of carbonyl (C=O) groups is 4. The first-order chi connectivity index (χ1) is 20.0. The molecule has 3 saturated heterocycles. The average Bonchev–Trinajstić information content (AvgIpc) is 3.68. The smallest absolute Gasteiger partial charge is 0.319 e. The Kier molecular flexibility index (Phi) is 10.2. The number of urea groups is 2. The molecule has 0 aromatic heterocycles. The Morgan fingerprint density at radius 1 is 1.00 bits per heavy atom. The van der Waals surface area contributed by atoms with E-state index in [-0.39, 0.29) is 48.0 Å². The van der Waals surface area contributed by atoms with Gasteiger partial charge in [-0.2, -0.15) is 11.8 Å². The number of ether oxygens (including phenoxy) is 3. The lowest BCUT2D eigenvalue weighted by atomic mass is 10.0. The molecule has 0 bridgehead atoms. The lowest BCUT2D eigenvalue weighted by molar-refractivity contribution is -0.141.